The number of aliphatic hydroxyl groups excluding tert-OH is 2. The molecule has 4 heterocycles. The second-order valence-electron chi connectivity index (χ2n) is 8.13. The molecule has 2 aromatic rings. The highest BCUT2D eigenvalue weighted by Crippen LogP contribution is 2.28. The van der Waals surface area contributed by atoms with Gasteiger partial charge in [0, 0.05) is 57.0 Å². The lowest BCUT2D eigenvalue weighted by Gasteiger charge is -2.29. The van der Waals surface area contributed by atoms with Gasteiger partial charge in [-0.25, -0.2) is 9.97 Å². The molecule has 0 aromatic carbocycles. The van der Waals surface area contributed by atoms with E-state index in [4.69, 9.17) is 0 Å². The summed E-state index contributed by atoms with van der Waals surface area (Å²) in [5.74, 6) is 1.77. The Morgan fingerprint density at radius 1 is 1.18 bits per heavy atom. The average molecular weight is 387 g/mol. The Labute approximate surface area is 165 Å². The van der Waals surface area contributed by atoms with Gasteiger partial charge in [-0.15, -0.1) is 0 Å². The van der Waals surface area contributed by atoms with E-state index in [1.54, 1.807) is 12.5 Å². The minimum atomic E-state index is -0.338. The van der Waals surface area contributed by atoms with E-state index in [9.17, 15) is 10.2 Å². The first kappa shape index (κ1) is 19.1. The molecule has 2 aliphatic rings. The first-order valence-corrected chi connectivity index (χ1v) is 9.81. The summed E-state index contributed by atoms with van der Waals surface area (Å²) in [5.41, 5.74) is 1.11. The summed E-state index contributed by atoms with van der Waals surface area (Å²) in [4.78, 5) is 15.5. The molecule has 0 saturated carbocycles. The van der Waals surface area contributed by atoms with Gasteiger partial charge in [0.15, 0.2) is 0 Å². The molecule has 0 spiro atoms. The van der Waals surface area contributed by atoms with E-state index >= 15 is 0 Å². The van der Waals surface area contributed by atoms with Crippen molar-refractivity contribution in [2.45, 2.75) is 31.7 Å². The highest BCUT2D eigenvalue weighted by atomic mass is 16.3. The quantitative estimate of drug-likeness (QED) is 0.729. The number of β-amino-alcohol motifs (C(OH)–C–C–N with tert-alkyl or cyclic N) is 1. The summed E-state index contributed by atoms with van der Waals surface area (Å²) in [6, 6.07) is 4.24. The maximum Gasteiger partial charge on any atom is 0.134 e. The lowest BCUT2D eigenvalue weighted by atomic mass is 10.1. The minimum absolute atomic E-state index is 0.0923. The van der Waals surface area contributed by atoms with E-state index in [-0.39, 0.29) is 24.7 Å². The van der Waals surface area contributed by atoms with E-state index in [0.717, 1.165) is 30.3 Å². The van der Waals surface area contributed by atoms with Crippen LogP contribution in [-0.4, -0.2) is 87.3 Å². The molecule has 0 amide bonds. The molecule has 152 valence electrons. The molecule has 1 unspecified atom stereocenters. The smallest absolute Gasteiger partial charge is 0.134 e. The van der Waals surface area contributed by atoms with Crippen molar-refractivity contribution in [1.29, 1.82) is 0 Å². The molecule has 0 radical (unpaired) electrons. The number of fused-ring (bicyclic) bond motifs is 1. The summed E-state index contributed by atoms with van der Waals surface area (Å²) < 4.78 is 1.97. The van der Waals surface area contributed by atoms with Crippen molar-refractivity contribution < 1.29 is 10.2 Å². The third kappa shape index (κ3) is 3.96. The fraction of sp³-hybridized carbons (Fsp3) is 0.632. The van der Waals surface area contributed by atoms with Crippen LogP contribution < -0.4 is 9.80 Å². The van der Waals surface area contributed by atoms with Crippen LogP contribution in [0.4, 0.5) is 11.6 Å². The van der Waals surface area contributed by atoms with E-state index < -0.39 is 0 Å². The molecular formula is C19H29N7O2. The molecular weight excluding hydrogens is 358 g/mol. The fourth-order valence-electron chi connectivity index (χ4n) is 4.26. The number of aromatic nitrogens is 4. The SMILES string of the molecule is CN(C)C[C@H]1C[C@@H](O)CN1c1cc(N2Cc3ccnn3CC(CO)C2)ncn1. The van der Waals surface area contributed by atoms with Crippen molar-refractivity contribution in [3.05, 3.63) is 30.4 Å². The van der Waals surface area contributed by atoms with Crippen molar-refractivity contribution in [2.24, 2.45) is 5.92 Å². The van der Waals surface area contributed by atoms with Gasteiger partial charge in [0.1, 0.15) is 18.0 Å². The number of anilines is 2. The Morgan fingerprint density at radius 2 is 2.00 bits per heavy atom. The molecule has 0 bridgehead atoms. The predicted octanol–water partition coefficient (Wildman–Crippen LogP) is -0.197. The Hall–Kier alpha value is -2.23. The molecule has 9 heteroatoms. The van der Waals surface area contributed by atoms with Crippen LogP contribution in [0.15, 0.2) is 24.7 Å². The van der Waals surface area contributed by atoms with Crippen LogP contribution in [0.1, 0.15) is 12.1 Å². The second kappa shape index (κ2) is 8.02. The maximum absolute atomic E-state index is 10.2. The number of hydrogen-bond donors (Lipinski definition) is 2. The molecule has 2 N–H and O–H groups in total. The van der Waals surface area contributed by atoms with E-state index in [1.165, 1.54) is 0 Å². The van der Waals surface area contributed by atoms with Crippen molar-refractivity contribution in [1.82, 2.24) is 24.6 Å². The van der Waals surface area contributed by atoms with Gasteiger partial charge >= 0.3 is 0 Å². The molecule has 0 aliphatic carbocycles. The predicted molar refractivity (Wildman–Crippen MR) is 106 cm³/mol. The molecule has 1 saturated heterocycles. The second-order valence-corrected chi connectivity index (χ2v) is 8.13. The van der Waals surface area contributed by atoms with Crippen LogP contribution in [-0.2, 0) is 13.1 Å². The van der Waals surface area contributed by atoms with Crippen molar-refractivity contribution in [2.75, 3.05) is 50.1 Å². The summed E-state index contributed by atoms with van der Waals surface area (Å²) in [7, 11) is 4.09. The van der Waals surface area contributed by atoms with Gasteiger partial charge in [-0.05, 0) is 26.6 Å². The van der Waals surface area contributed by atoms with Crippen LogP contribution in [0.3, 0.4) is 0 Å². The number of hydrogen-bond acceptors (Lipinski definition) is 8. The number of nitrogens with zero attached hydrogens (tertiary/aromatic N) is 7. The van der Waals surface area contributed by atoms with Crippen molar-refractivity contribution in [3.8, 4) is 0 Å². The normalized spacial score (nSPS) is 25.2. The van der Waals surface area contributed by atoms with E-state index in [2.05, 4.69) is 29.8 Å². The highest BCUT2D eigenvalue weighted by Gasteiger charge is 2.32. The molecule has 4 rings (SSSR count). The van der Waals surface area contributed by atoms with Gasteiger partial charge in [0.05, 0.1) is 18.3 Å². The van der Waals surface area contributed by atoms with Gasteiger partial charge < -0.3 is 24.9 Å². The van der Waals surface area contributed by atoms with Crippen molar-refractivity contribution in [3.63, 3.8) is 0 Å². The van der Waals surface area contributed by atoms with Gasteiger partial charge in [-0.2, -0.15) is 5.10 Å². The Kier molecular flexibility index (Phi) is 5.47. The molecule has 28 heavy (non-hydrogen) atoms. The van der Waals surface area contributed by atoms with Crippen LogP contribution in [0.5, 0.6) is 0 Å². The first-order valence-electron chi connectivity index (χ1n) is 9.81. The molecule has 2 aromatic heterocycles. The summed E-state index contributed by atoms with van der Waals surface area (Å²) in [6.45, 7) is 3.66. The lowest BCUT2D eigenvalue weighted by molar-refractivity contribution is 0.191. The third-order valence-electron chi connectivity index (χ3n) is 5.55. The van der Waals surface area contributed by atoms with Gasteiger partial charge in [-0.1, -0.05) is 0 Å². The average Bonchev–Trinajstić information content (AvgIpc) is 3.21. The summed E-state index contributed by atoms with van der Waals surface area (Å²) in [5, 5.41) is 24.4. The summed E-state index contributed by atoms with van der Waals surface area (Å²) >= 11 is 0. The largest absolute Gasteiger partial charge is 0.396 e. The minimum Gasteiger partial charge on any atom is -0.396 e. The zero-order valence-corrected chi connectivity index (χ0v) is 16.5. The Balaban J connectivity index is 1.59. The topological polar surface area (TPSA) is 93.8 Å². The highest BCUT2D eigenvalue weighted by molar-refractivity contribution is 5.52. The zero-order chi connectivity index (χ0) is 19.7. The van der Waals surface area contributed by atoms with Gasteiger partial charge in [0.2, 0.25) is 0 Å². The Morgan fingerprint density at radius 3 is 2.79 bits per heavy atom. The fourth-order valence-corrected chi connectivity index (χ4v) is 4.26. The molecule has 1 fully saturated rings. The van der Waals surface area contributed by atoms with Crippen LogP contribution in [0, 0.1) is 5.92 Å². The number of aliphatic hydroxyl groups is 2. The first-order chi connectivity index (χ1) is 13.5. The lowest BCUT2D eigenvalue weighted by Crippen LogP contribution is -2.38. The monoisotopic (exact) mass is 387 g/mol. The summed E-state index contributed by atoms with van der Waals surface area (Å²) in [6.07, 6.45) is 3.80. The van der Waals surface area contributed by atoms with E-state index in [0.29, 0.717) is 26.2 Å². The molecule has 2 aliphatic heterocycles. The molecule has 9 nitrogen and oxygen atoms in total. The van der Waals surface area contributed by atoms with Gasteiger partial charge in [0.25, 0.3) is 0 Å². The Bertz CT molecular complexity index is 796. The number of likely N-dealkylation sites (N-methyl/N-ethyl adjacent to an activating group) is 1. The van der Waals surface area contributed by atoms with Gasteiger partial charge in [-0.3, -0.25) is 4.68 Å². The maximum atomic E-state index is 10.2. The van der Waals surface area contributed by atoms with E-state index in [1.807, 2.05) is 30.9 Å². The standard InChI is InChI=1S/C19H29N7O2/c1-23(2)9-16-5-17(28)11-25(16)19-6-18(20-13-21-19)24-7-14(12-27)8-26-15(10-24)3-4-22-26/h3-4,6,13-14,16-17,27-28H,5,7-12H2,1-2H3/t14?,16-,17-/m1/s1. The van der Waals surface area contributed by atoms with Crippen LogP contribution in [0.25, 0.3) is 0 Å². The number of rotatable bonds is 5. The zero-order valence-electron chi connectivity index (χ0n) is 16.5. The van der Waals surface area contributed by atoms with Crippen LogP contribution >= 0.6 is 0 Å². The van der Waals surface area contributed by atoms with Crippen molar-refractivity contribution >= 4 is 11.6 Å². The molecule has 3 atom stereocenters. The van der Waals surface area contributed by atoms with Crippen LogP contribution in [0.2, 0.25) is 0 Å². The third-order valence-corrected chi connectivity index (χ3v) is 5.55.